The third-order valence-electron chi connectivity index (χ3n) is 4.24. The quantitative estimate of drug-likeness (QED) is 0.353. The Morgan fingerprint density at radius 2 is 1.77 bits per heavy atom. The van der Waals surface area contributed by atoms with Gasteiger partial charge in [-0.2, -0.15) is 5.10 Å². The molecule has 8 nitrogen and oxygen atoms in total. The minimum Gasteiger partial charge on any atom is -0.484 e. The van der Waals surface area contributed by atoms with Crippen molar-refractivity contribution in [2.45, 2.75) is 33.2 Å². The molecule has 0 aliphatic heterocycles. The van der Waals surface area contributed by atoms with E-state index in [-0.39, 0.29) is 18.6 Å². The van der Waals surface area contributed by atoms with Crippen molar-refractivity contribution in [2.24, 2.45) is 5.10 Å². The van der Waals surface area contributed by atoms with Crippen LogP contribution < -0.4 is 20.8 Å². The van der Waals surface area contributed by atoms with E-state index in [1.165, 1.54) is 6.21 Å². The molecule has 30 heavy (non-hydrogen) atoms. The average molecular weight is 410 g/mol. The average Bonchev–Trinajstić information content (AvgIpc) is 2.74. The van der Waals surface area contributed by atoms with Crippen molar-refractivity contribution < 1.29 is 19.1 Å². The molecule has 0 spiro atoms. The summed E-state index contributed by atoms with van der Waals surface area (Å²) in [6.45, 7) is 5.51. The van der Waals surface area contributed by atoms with Crippen LogP contribution in [0.1, 0.15) is 31.4 Å². The van der Waals surface area contributed by atoms with Crippen molar-refractivity contribution in [3.05, 3.63) is 59.7 Å². The number of amides is 3. The molecule has 2 rings (SSSR count). The van der Waals surface area contributed by atoms with Crippen LogP contribution in [0.25, 0.3) is 0 Å². The minimum atomic E-state index is -0.828. The van der Waals surface area contributed by atoms with Gasteiger partial charge >= 0.3 is 11.8 Å². The first kappa shape index (κ1) is 22.6. The molecule has 0 saturated carbocycles. The molecule has 0 saturated heterocycles. The van der Waals surface area contributed by atoms with Crippen LogP contribution in [-0.2, 0) is 14.4 Å². The van der Waals surface area contributed by atoms with Crippen molar-refractivity contribution in [3.63, 3.8) is 0 Å². The molecule has 8 heteroatoms. The fraction of sp³-hybridized carbons (Fsp3) is 0.273. The molecule has 2 aromatic carbocycles. The highest BCUT2D eigenvalue weighted by Gasteiger charge is 2.14. The highest BCUT2D eigenvalue weighted by Crippen LogP contribution is 2.14. The molecule has 158 valence electrons. The van der Waals surface area contributed by atoms with E-state index in [0.29, 0.717) is 11.3 Å². The van der Waals surface area contributed by atoms with Gasteiger partial charge in [0.1, 0.15) is 5.75 Å². The minimum absolute atomic E-state index is 0.0847. The highest BCUT2D eigenvalue weighted by atomic mass is 16.5. The zero-order valence-electron chi connectivity index (χ0n) is 17.3. The number of hydrogen-bond acceptors (Lipinski definition) is 5. The number of hydrazone groups is 1. The molecule has 1 atom stereocenters. The number of nitrogens with zero attached hydrogens (tertiary/aromatic N) is 1. The van der Waals surface area contributed by atoms with Crippen LogP contribution in [0.15, 0.2) is 53.6 Å². The first-order valence-electron chi connectivity index (χ1n) is 9.61. The second kappa shape index (κ2) is 11.4. The molecule has 0 aliphatic rings. The third kappa shape index (κ3) is 7.38. The number of carbonyl (C=O) groups is 3. The number of carbonyl (C=O) groups excluding carboxylic acids is 3. The topological polar surface area (TPSA) is 109 Å². The highest BCUT2D eigenvalue weighted by molar-refractivity contribution is 6.35. The third-order valence-corrected chi connectivity index (χ3v) is 4.24. The van der Waals surface area contributed by atoms with Gasteiger partial charge in [0.25, 0.3) is 5.91 Å². The molecule has 0 radical (unpaired) electrons. The Morgan fingerprint density at radius 3 is 2.43 bits per heavy atom. The molecule has 0 bridgehead atoms. The molecule has 0 unspecified atom stereocenters. The lowest BCUT2D eigenvalue weighted by molar-refractivity contribution is -0.139. The first-order chi connectivity index (χ1) is 14.4. The van der Waals surface area contributed by atoms with Crippen molar-refractivity contribution in [1.82, 2.24) is 10.7 Å². The Morgan fingerprint density at radius 1 is 1.07 bits per heavy atom. The molecular weight excluding hydrogens is 384 g/mol. The largest absolute Gasteiger partial charge is 0.484 e. The number of ether oxygens (including phenoxy) is 1. The van der Waals surface area contributed by atoms with Gasteiger partial charge in [0.15, 0.2) is 6.61 Å². The van der Waals surface area contributed by atoms with Gasteiger partial charge in [0.05, 0.1) is 6.21 Å². The van der Waals surface area contributed by atoms with Crippen LogP contribution in [0.5, 0.6) is 5.75 Å². The smallest absolute Gasteiger partial charge is 0.329 e. The summed E-state index contributed by atoms with van der Waals surface area (Å²) < 4.78 is 5.48. The van der Waals surface area contributed by atoms with Crippen LogP contribution in [-0.4, -0.2) is 36.6 Å². The van der Waals surface area contributed by atoms with Gasteiger partial charge < -0.3 is 15.4 Å². The number of nitrogens with one attached hydrogen (secondary N) is 3. The molecule has 0 aliphatic carbocycles. The van der Waals surface area contributed by atoms with E-state index < -0.39 is 11.8 Å². The Hall–Kier alpha value is -3.68. The van der Waals surface area contributed by atoms with E-state index in [4.69, 9.17) is 4.74 Å². The Kier molecular flexibility index (Phi) is 8.56. The van der Waals surface area contributed by atoms with E-state index in [1.807, 2.05) is 45.0 Å². The van der Waals surface area contributed by atoms with Crippen LogP contribution in [0.3, 0.4) is 0 Å². The lowest BCUT2D eigenvalue weighted by Crippen LogP contribution is -2.41. The lowest BCUT2D eigenvalue weighted by Gasteiger charge is -2.09. The summed E-state index contributed by atoms with van der Waals surface area (Å²) in [5.74, 6) is -1.29. The maximum atomic E-state index is 12.0. The summed E-state index contributed by atoms with van der Waals surface area (Å²) in [7, 11) is 0. The SMILES string of the molecule is CC[C@@H](C)NC(=O)C(=O)N/N=C\c1ccc(OCC(=O)Nc2ccccc2C)cc1. The van der Waals surface area contributed by atoms with Gasteiger partial charge in [-0.25, -0.2) is 5.43 Å². The maximum Gasteiger partial charge on any atom is 0.329 e. The predicted octanol–water partition coefficient (Wildman–Crippen LogP) is 2.38. The predicted molar refractivity (Wildman–Crippen MR) is 115 cm³/mol. The second-order valence-corrected chi connectivity index (χ2v) is 6.70. The summed E-state index contributed by atoms with van der Waals surface area (Å²) in [5.41, 5.74) is 4.59. The van der Waals surface area contributed by atoms with Gasteiger partial charge in [-0.1, -0.05) is 25.1 Å². The summed E-state index contributed by atoms with van der Waals surface area (Å²) in [6, 6.07) is 14.2. The fourth-order valence-electron chi connectivity index (χ4n) is 2.31. The molecule has 0 fully saturated rings. The van der Waals surface area contributed by atoms with Crippen molar-refractivity contribution in [2.75, 3.05) is 11.9 Å². The van der Waals surface area contributed by atoms with Gasteiger partial charge in [-0.3, -0.25) is 14.4 Å². The van der Waals surface area contributed by atoms with E-state index in [9.17, 15) is 14.4 Å². The zero-order valence-corrected chi connectivity index (χ0v) is 17.3. The lowest BCUT2D eigenvalue weighted by atomic mass is 10.2. The summed E-state index contributed by atoms with van der Waals surface area (Å²) in [4.78, 5) is 35.3. The van der Waals surface area contributed by atoms with Gasteiger partial charge in [0.2, 0.25) is 0 Å². The maximum absolute atomic E-state index is 12.0. The van der Waals surface area contributed by atoms with Gasteiger partial charge in [-0.05, 0) is 61.7 Å². The Bertz CT molecular complexity index is 910. The first-order valence-corrected chi connectivity index (χ1v) is 9.61. The number of para-hydroxylation sites is 1. The monoisotopic (exact) mass is 410 g/mol. The Labute approximate surface area is 175 Å². The van der Waals surface area contributed by atoms with E-state index in [2.05, 4.69) is 21.2 Å². The number of benzene rings is 2. The second-order valence-electron chi connectivity index (χ2n) is 6.70. The van der Waals surface area contributed by atoms with Crippen molar-refractivity contribution >= 4 is 29.6 Å². The molecular formula is C22H26N4O4. The van der Waals surface area contributed by atoms with Crippen molar-refractivity contribution in [3.8, 4) is 5.75 Å². The Balaban J connectivity index is 1.78. The van der Waals surface area contributed by atoms with Gasteiger partial charge in [0, 0.05) is 11.7 Å². The van der Waals surface area contributed by atoms with E-state index in [1.54, 1.807) is 24.3 Å². The molecule has 0 heterocycles. The number of hydrogen-bond donors (Lipinski definition) is 3. The number of anilines is 1. The van der Waals surface area contributed by atoms with Crippen LogP contribution >= 0.6 is 0 Å². The van der Waals surface area contributed by atoms with Gasteiger partial charge in [-0.15, -0.1) is 0 Å². The zero-order chi connectivity index (χ0) is 21.9. The molecule has 0 aromatic heterocycles. The van der Waals surface area contributed by atoms with Crippen LogP contribution in [0, 0.1) is 6.92 Å². The van der Waals surface area contributed by atoms with E-state index in [0.717, 1.165) is 17.7 Å². The van der Waals surface area contributed by atoms with Crippen molar-refractivity contribution in [1.29, 1.82) is 0 Å². The molecule has 3 N–H and O–H groups in total. The number of aryl methyl sites for hydroxylation is 1. The fourth-order valence-corrected chi connectivity index (χ4v) is 2.31. The van der Waals surface area contributed by atoms with Crippen LogP contribution in [0.4, 0.5) is 5.69 Å². The normalized spacial score (nSPS) is 11.6. The number of rotatable bonds is 8. The standard InChI is InChI=1S/C22H26N4O4/c1-4-16(3)24-21(28)22(29)26-23-13-17-9-11-18(12-10-17)30-14-20(27)25-19-8-6-5-7-15(19)2/h5-13,16H,4,14H2,1-3H3,(H,24,28)(H,25,27)(H,26,29)/b23-13-/t16-/m1/s1. The van der Waals surface area contributed by atoms with Crippen LogP contribution in [0.2, 0.25) is 0 Å². The summed E-state index contributed by atoms with van der Waals surface area (Å²) >= 11 is 0. The van der Waals surface area contributed by atoms with E-state index >= 15 is 0 Å². The molecule has 2 aromatic rings. The molecule has 3 amide bonds. The summed E-state index contributed by atoms with van der Waals surface area (Å²) in [6.07, 6.45) is 2.13. The summed E-state index contributed by atoms with van der Waals surface area (Å²) in [5, 5.41) is 9.11.